The van der Waals surface area contributed by atoms with Crippen molar-refractivity contribution < 1.29 is 19.1 Å². The second kappa shape index (κ2) is 8.03. The van der Waals surface area contributed by atoms with E-state index in [2.05, 4.69) is 10.3 Å². The van der Waals surface area contributed by atoms with Crippen LogP contribution in [0, 0.1) is 0 Å². The monoisotopic (exact) mass is 346 g/mol. The number of hydrogen-bond donors (Lipinski definition) is 1. The number of nitrogens with zero attached hydrogens (tertiary/aromatic N) is 1. The van der Waals surface area contributed by atoms with E-state index in [1.807, 2.05) is 24.3 Å². The second-order valence-electron chi connectivity index (χ2n) is 5.40. The number of nitrogens with one attached hydrogen (secondary N) is 1. The summed E-state index contributed by atoms with van der Waals surface area (Å²) in [6.07, 6.45) is 4.92. The van der Waals surface area contributed by atoms with Crippen LogP contribution in [0.3, 0.4) is 0 Å². The molecule has 1 aromatic carbocycles. The summed E-state index contributed by atoms with van der Waals surface area (Å²) < 4.78 is 11.4. The fourth-order valence-corrected chi connectivity index (χ4v) is 3.24. The van der Waals surface area contributed by atoms with Gasteiger partial charge in [-0.05, 0) is 31.1 Å². The predicted molar refractivity (Wildman–Crippen MR) is 91.6 cm³/mol. The van der Waals surface area contributed by atoms with Crippen molar-refractivity contribution in [2.45, 2.75) is 18.9 Å². The average molecular weight is 346 g/mol. The molecule has 1 fully saturated rings. The number of ether oxygens (including phenoxy) is 2. The molecule has 1 aromatic heterocycles. The number of carbonyl (C=O) groups excluding carboxylic acids is 2. The lowest BCUT2D eigenvalue weighted by atomic mass is 10.2. The number of amides is 1. The lowest BCUT2D eigenvalue weighted by Gasteiger charge is -2.10. The summed E-state index contributed by atoms with van der Waals surface area (Å²) in [5.41, 5.74) is 0.893. The fourth-order valence-electron chi connectivity index (χ4n) is 2.37. The summed E-state index contributed by atoms with van der Waals surface area (Å²) in [5.74, 6) is -0.895. The molecule has 0 saturated carbocycles. The van der Waals surface area contributed by atoms with Gasteiger partial charge in [0.05, 0.1) is 16.3 Å². The zero-order chi connectivity index (χ0) is 16.8. The highest BCUT2D eigenvalue weighted by molar-refractivity contribution is 7.19. The Labute approximate surface area is 143 Å². The Morgan fingerprint density at radius 3 is 3.08 bits per heavy atom. The Morgan fingerprint density at radius 1 is 1.42 bits per heavy atom. The van der Waals surface area contributed by atoms with E-state index in [-0.39, 0.29) is 18.6 Å². The van der Waals surface area contributed by atoms with Crippen LogP contribution in [0.4, 0.5) is 0 Å². The maximum absolute atomic E-state index is 11.7. The number of carbonyl (C=O) groups is 2. The van der Waals surface area contributed by atoms with E-state index < -0.39 is 5.97 Å². The first kappa shape index (κ1) is 16.6. The molecule has 0 bridgehead atoms. The van der Waals surface area contributed by atoms with E-state index in [1.54, 1.807) is 6.08 Å². The van der Waals surface area contributed by atoms with E-state index in [0.29, 0.717) is 6.54 Å². The summed E-state index contributed by atoms with van der Waals surface area (Å²) in [6.45, 7) is 0.903. The van der Waals surface area contributed by atoms with Crippen LogP contribution < -0.4 is 5.32 Å². The number of aromatic nitrogens is 1. The largest absolute Gasteiger partial charge is 0.452 e. The number of benzene rings is 1. The van der Waals surface area contributed by atoms with Crippen LogP contribution in [0.2, 0.25) is 0 Å². The number of hydrogen-bond acceptors (Lipinski definition) is 6. The van der Waals surface area contributed by atoms with Crippen LogP contribution in [-0.2, 0) is 19.1 Å². The molecule has 1 N–H and O–H groups in total. The minimum Gasteiger partial charge on any atom is -0.452 e. The van der Waals surface area contributed by atoms with E-state index in [1.165, 1.54) is 17.4 Å². The smallest absolute Gasteiger partial charge is 0.331 e. The van der Waals surface area contributed by atoms with E-state index in [0.717, 1.165) is 34.7 Å². The fraction of sp³-hybridized carbons (Fsp3) is 0.353. The molecule has 24 heavy (non-hydrogen) atoms. The Bertz CT molecular complexity index is 717. The molecule has 1 saturated heterocycles. The third kappa shape index (κ3) is 4.62. The molecule has 2 heterocycles. The molecule has 0 aliphatic carbocycles. The lowest BCUT2D eigenvalue weighted by molar-refractivity contribution is -0.143. The van der Waals surface area contributed by atoms with Gasteiger partial charge in [-0.15, -0.1) is 11.3 Å². The van der Waals surface area contributed by atoms with Crippen LogP contribution in [0.15, 0.2) is 30.3 Å². The van der Waals surface area contributed by atoms with E-state index >= 15 is 0 Å². The molecule has 1 atom stereocenters. The number of thiazole rings is 1. The normalized spacial score (nSPS) is 17.4. The Balaban J connectivity index is 1.42. The summed E-state index contributed by atoms with van der Waals surface area (Å²) in [6, 6.07) is 7.75. The molecular weight excluding hydrogens is 328 g/mol. The van der Waals surface area contributed by atoms with Gasteiger partial charge in [-0.1, -0.05) is 12.1 Å². The van der Waals surface area contributed by atoms with Gasteiger partial charge in [-0.3, -0.25) is 4.79 Å². The van der Waals surface area contributed by atoms with Crippen molar-refractivity contribution in [1.29, 1.82) is 0 Å². The minimum absolute atomic E-state index is 0.0728. The standard InChI is InChI=1S/C17H18N2O4S/c20-15(18-10-12-4-3-9-22-12)11-23-17(21)8-7-16-19-13-5-1-2-6-14(13)24-16/h1-2,5-8,12H,3-4,9-11H2,(H,18,20)/b8-7+/t12-/m0/s1. The highest BCUT2D eigenvalue weighted by Gasteiger charge is 2.16. The predicted octanol–water partition coefficient (Wildman–Crippen LogP) is 2.15. The number of esters is 1. The molecule has 2 aromatic rings. The molecule has 1 aliphatic heterocycles. The van der Waals surface area contributed by atoms with Gasteiger partial charge in [0, 0.05) is 19.2 Å². The first-order valence-corrected chi connectivity index (χ1v) is 8.61. The number of para-hydroxylation sites is 1. The molecule has 7 heteroatoms. The lowest BCUT2D eigenvalue weighted by Crippen LogP contribution is -2.34. The molecule has 6 nitrogen and oxygen atoms in total. The van der Waals surface area contributed by atoms with Crippen LogP contribution in [0.1, 0.15) is 17.8 Å². The Hall–Kier alpha value is -2.25. The van der Waals surface area contributed by atoms with Gasteiger partial charge < -0.3 is 14.8 Å². The van der Waals surface area contributed by atoms with E-state index in [4.69, 9.17) is 9.47 Å². The van der Waals surface area contributed by atoms with Crippen molar-refractivity contribution in [2.75, 3.05) is 19.8 Å². The minimum atomic E-state index is -0.568. The van der Waals surface area contributed by atoms with Gasteiger partial charge in [0.2, 0.25) is 0 Å². The van der Waals surface area contributed by atoms with Crippen molar-refractivity contribution in [1.82, 2.24) is 10.3 Å². The van der Waals surface area contributed by atoms with Crippen molar-refractivity contribution in [3.8, 4) is 0 Å². The van der Waals surface area contributed by atoms with Crippen LogP contribution in [-0.4, -0.2) is 42.7 Å². The van der Waals surface area contributed by atoms with Crippen molar-refractivity contribution in [3.05, 3.63) is 35.3 Å². The zero-order valence-corrected chi connectivity index (χ0v) is 13.9. The van der Waals surface area contributed by atoms with Gasteiger partial charge in [0.25, 0.3) is 5.91 Å². The van der Waals surface area contributed by atoms with Crippen LogP contribution in [0.5, 0.6) is 0 Å². The highest BCUT2D eigenvalue weighted by atomic mass is 32.1. The molecule has 126 valence electrons. The zero-order valence-electron chi connectivity index (χ0n) is 13.1. The summed E-state index contributed by atoms with van der Waals surface area (Å²) in [7, 11) is 0. The molecule has 0 spiro atoms. The SMILES string of the molecule is O=C(COC(=O)/C=C/c1nc2ccccc2s1)NC[C@@H]1CCCO1. The molecule has 3 rings (SSSR count). The maximum Gasteiger partial charge on any atom is 0.331 e. The van der Waals surface area contributed by atoms with Gasteiger partial charge >= 0.3 is 5.97 Å². The van der Waals surface area contributed by atoms with Crippen LogP contribution in [0.25, 0.3) is 16.3 Å². The van der Waals surface area contributed by atoms with Gasteiger partial charge in [0.1, 0.15) is 5.01 Å². The maximum atomic E-state index is 11.7. The van der Waals surface area contributed by atoms with Gasteiger partial charge in [-0.25, -0.2) is 9.78 Å². The first-order valence-electron chi connectivity index (χ1n) is 7.79. The molecule has 1 aliphatic rings. The average Bonchev–Trinajstić information content (AvgIpc) is 3.25. The first-order chi connectivity index (χ1) is 11.7. The van der Waals surface area contributed by atoms with Gasteiger partial charge in [0.15, 0.2) is 6.61 Å². The molecule has 0 unspecified atom stereocenters. The van der Waals surface area contributed by atoms with Crippen molar-refractivity contribution in [2.24, 2.45) is 0 Å². The van der Waals surface area contributed by atoms with Crippen LogP contribution >= 0.6 is 11.3 Å². The third-order valence-electron chi connectivity index (χ3n) is 3.57. The van der Waals surface area contributed by atoms with Crippen molar-refractivity contribution in [3.63, 3.8) is 0 Å². The molecular formula is C17H18N2O4S. The van der Waals surface area contributed by atoms with E-state index in [9.17, 15) is 9.59 Å². The quantitative estimate of drug-likeness (QED) is 0.640. The number of fused-ring (bicyclic) bond motifs is 1. The number of rotatable bonds is 6. The Kier molecular flexibility index (Phi) is 5.55. The topological polar surface area (TPSA) is 77.5 Å². The van der Waals surface area contributed by atoms with Gasteiger partial charge in [-0.2, -0.15) is 0 Å². The summed E-state index contributed by atoms with van der Waals surface area (Å²) in [4.78, 5) is 27.7. The third-order valence-corrected chi connectivity index (χ3v) is 4.57. The summed E-state index contributed by atoms with van der Waals surface area (Å²) in [5, 5.41) is 3.41. The highest BCUT2D eigenvalue weighted by Crippen LogP contribution is 2.22. The molecule has 1 amide bonds. The van der Waals surface area contributed by atoms with Crippen molar-refractivity contribution >= 4 is 39.5 Å². The molecule has 0 radical (unpaired) electrons. The second-order valence-corrected chi connectivity index (χ2v) is 6.46. The summed E-state index contributed by atoms with van der Waals surface area (Å²) >= 11 is 1.49. The Morgan fingerprint density at radius 2 is 2.29 bits per heavy atom.